The molecule has 0 aromatic rings. The first-order valence-electron chi connectivity index (χ1n) is 3.55. The van der Waals surface area contributed by atoms with Crippen molar-refractivity contribution in [1.29, 1.82) is 0 Å². The molecule has 1 N–H and O–H groups in total. The van der Waals surface area contributed by atoms with Gasteiger partial charge in [-0.05, 0) is 0 Å². The molecular weight excluding hydrogens is 164 g/mol. The Kier molecular flexibility index (Phi) is 2.78. The average Bonchev–Trinajstić information content (AvgIpc) is 2.45. The van der Waals surface area contributed by atoms with Crippen LogP contribution in [0.1, 0.15) is 6.42 Å². The molecule has 0 aromatic heterocycles. The van der Waals surface area contributed by atoms with Gasteiger partial charge in [-0.2, -0.15) is 0 Å². The summed E-state index contributed by atoms with van der Waals surface area (Å²) in [6.07, 6.45) is -1.23. The van der Waals surface area contributed by atoms with E-state index < -0.39 is 24.3 Å². The summed E-state index contributed by atoms with van der Waals surface area (Å²) in [5.74, 6) is -1.21. The van der Waals surface area contributed by atoms with Crippen molar-refractivity contribution in [3.8, 4) is 0 Å². The van der Waals surface area contributed by atoms with E-state index >= 15 is 0 Å². The topological polar surface area (TPSA) is 72.8 Å². The molecule has 0 saturated carbocycles. The van der Waals surface area contributed by atoms with E-state index in [-0.39, 0.29) is 6.42 Å². The van der Waals surface area contributed by atoms with Crippen LogP contribution in [0.4, 0.5) is 0 Å². The van der Waals surface area contributed by atoms with Gasteiger partial charge in [0, 0.05) is 6.42 Å². The SMILES string of the molecule is COC(=O)C1OC(O)CC1C=O. The van der Waals surface area contributed by atoms with Crippen LogP contribution in [0, 0.1) is 5.92 Å². The molecular formula is C7H10O5. The highest BCUT2D eigenvalue weighted by molar-refractivity contribution is 5.79. The molecule has 5 heteroatoms. The number of hydrogen-bond acceptors (Lipinski definition) is 5. The second kappa shape index (κ2) is 3.64. The van der Waals surface area contributed by atoms with Crippen LogP contribution < -0.4 is 0 Å². The smallest absolute Gasteiger partial charge is 0.335 e. The molecule has 3 unspecified atom stereocenters. The predicted octanol–water partition coefficient (Wildman–Crippen LogP) is -0.918. The van der Waals surface area contributed by atoms with Gasteiger partial charge in [-0.15, -0.1) is 0 Å². The lowest BCUT2D eigenvalue weighted by atomic mass is 10.0. The van der Waals surface area contributed by atoms with E-state index in [1.54, 1.807) is 0 Å². The minimum atomic E-state index is -1.04. The first kappa shape index (κ1) is 9.15. The van der Waals surface area contributed by atoms with E-state index in [1.165, 1.54) is 7.11 Å². The lowest BCUT2D eigenvalue weighted by Crippen LogP contribution is -2.28. The molecule has 0 aliphatic carbocycles. The van der Waals surface area contributed by atoms with Crippen LogP contribution in [-0.4, -0.2) is 36.9 Å². The number of hydrogen-bond donors (Lipinski definition) is 1. The Morgan fingerprint density at radius 2 is 2.42 bits per heavy atom. The van der Waals surface area contributed by atoms with Gasteiger partial charge in [0.25, 0.3) is 0 Å². The van der Waals surface area contributed by atoms with Gasteiger partial charge in [0.15, 0.2) is 12.4 Å². The van der Waals surface area contributed by atoms with Crippen LogP contribution in [0.25, 0.3) is 0 Å². The Labute approximate surface area is 69.3 Å². The van der Waals surface area contributed by atoms with E-state index in [0.717, 1.165) is 0 Å². The fourth-order valence-electron chi connectivity index (χ4n) is 1.16. The standard InChI is InChI=1S/C7H10O5/c1-11-7(10)6-4(3-8)2-5(9)12-6/h3-6,9H,2H2,1H3. The Balaban J connectivity index is 2.63. The fourth-order valence-corrected chi connectivity index (χ4v) is 1.16. The predicted molar refractivity (Wildman–Crippen MR) is 37.1 cm³/mol. The van der Waals surface area contributed by atoms with Crippen LogP contribution in [0.15, 0.2) is 0 Å². The second-order valence-electron chi connectivity index (χ2n) is 2.57. The van der Waals surface area contributed by atoms with Crippen molar-refractivity contribution in [2.75, 3.05) is 7.11 Å². The van der Waals surface area contributed by atoms with Gasteiger partial charge in [-0.1, -0.05) is 0 Å². The maximum Gasteiger partial charge on any atom is 0.335 e. The van der Waals surface area contributed by atoms with Crippen LogP contribution >= 0.6 is 0 Å². The summed E-state index contributed by atoms with van der Waals surface area (Å²) < 4.78 is 9.15. The number of aliphatic hydroxyl groups is 1. The molecule has 68 valence electrons. The Hall–Kier alpha value is -0.940. The zero-order valence-corrected chi connectivity index (χ0v) is 6.60. The number of carbonyl (C=O) groups is 2. The molecule has 0 bridgehead atoms. The molecule has 0 spiro atoms. The first-order valence-corrected chi connectivity index (χ1v) is 3.55. The quantitative estimate of drug-likeness (QED) is 0.433. The minimum Gasteiger partial charge on any atom is -0.467 e. The number of rotatable bonds is 2. The Bertz CT molecular complexity index is 190. The highest BCUT2D eigenvalue weighted by atomic mass is 16.6. The van der Waals surface area contributed by atoms with Gasteiger partial charge < -0.3 is 19.4 Å². The normalized spacial score (nSPS) is 34.7. The van der Waals surface area contributed by atoms with Gasteiger partial charge in [0.05, 0.1) is 13.0 Å². The molecule has 12 heavy (non-hydrogen) atoms. The van der Waals surface area contributed by atoms with E-state index in [0.29, 0.717) is 6.29 Å². The Morgan fingerprint density at radius 1 is 1.75 bits per heavy atom. The van der Waals surface area contributed by atoms with Crippen molar-refractivity contribution in [3.05, 3.63) is 0 Å². The lowest BCUT2D eigenvalue weighted by Gasteiger charge is -2.09. The molecule has 0 radical (unpaired) electrons. The molecule has 1 heterocycles. The molecule has 0 amide bonds. The van der Waals surface area contributed by atoms with Crippen LogP contribution in [0.3, 0.4) is 0 Å². The molecule has 1 rings (SSSR count). The number of carbonyl (C=O) groups excluding carboxylic acids is 2. The van der Waals surface area contributed by atoms with E-state index in [1.807, 2.05) is 0 Å². The molecule has 0 aromatic carbocycles. The molecule has 1 aliphatic rings. The van der Waals surface area contributed by atoms with Gasteiger partial charge in [-0.25, -0.2) is 4.79 Å². The largest absolute Gasteiger partial charge is 0.467 e. The summed E-state index contributed by atoms with van der Waals surface area (Å²) in [5, 5.41) is 8.96. The number of esters is 1. The van der Waals surface area contributed by atoms with Crippen LogP contribution in [0.5, 0.6) is 0 Å². The van der Waals surface area contributed by atoms with Gasteiger partial charge in [-0.3, -0.25) is 0 Å². The van der Waals surface area contributed by atoms with E-state index in [2.05, 4.69) is 4.74 Å². The van der Waals surface area contributed by atoms with E-state index in [4.69, 9.17) is 9.84 Å². The van der Waals surface area contributed by atoms with Gasteiger partial charge in [0.2, 0.25) is 0 Å². The van der Waals surface area contributed by atoms with Gasteiger partial charge in [0.1, 0.15) is 6.29 Å². The molecule has 3 atom stereocenters. The number of methoxy groups -OCH3 is 1. The molecule has 1 aliphatic heterocycles. The summed E-state index contributed by atoms with van der Waals surface area (Å²) in [7, 11) is 1.21. The summed E-state index contributed by atoms with van der Waals surface area (Å²) in [4.78, 5) is 21.3. The summed E-state index contributed by atoms with van der Waals surface area (Å²) in [6.45, 7) is 0. The van der Waals surface area contributed by atoms with Crippen LogP contribution in [0.2, 0.25) is 0 Å². The molecule has 1 saturated heterocycles. The zero-order valence-electron chi connectivity index (χ0n) is 6.60. The molecule has 5 nitrogen and oxygen atoms in total. The summed E-state index contributed by atoms with van der Waals surface area (Å²) >= 11 is 0. The summed E-state index contributed by atoms with van der Waals surface area (Å²) in [5.41, 5.74) is 0. The number of aliphatic hydroxyl groups excluding tert-OH is 1. The summed E-state index contributed by atoms with van der Waals surface area (Å²) in [6, 6.07) is 0. The third-order valence-electron chi connectivity index (χ3n) is 1.77. The highest BCUT2D eigenvalue weighted by Crippen LogP contribution is 2.24. The number of ether oxygens (including phenoxy) is 2. The van der Waals surface area contributed by atoms with Crippen molar-refractivity contribution in [1.82, 2.24) is 0 Å². The maximum absolute atomic E-state index is 10.9. The highest BCUT2D eigenvalue weighted by Gasteiger charge is 2.39. The number of aldehydes is 1. The van der Waals surface area contributed by atoms with E-state index in [9.17, 15) is 9.59 Å². The third-order valence-corrected chi connectivity index (χ3v) is 1.77. The van der Waals surface area contributed by atoms with Crippen molar-refractivity contribution < 1.29 is 24.2 Å². The monoisotopic (exact) mass is 174 g/mol. The zero-order chi connectivity index (χ0) is 9.14. The average molecular weight is 174 g/mol. The fraction of sp³-hybridized carbons (Fsp3) is 0.714. The Morgan fingerprint density at radius 3 is 2.92 bits per heavy atom. The lowest BCUT2D eigenvalue weighted by molar-refractivity contribution is -0.164. The minimum absolute atomic E-state index is 0.156. The maximum atomic E-state index is 10.9. The van der Waals surface area contributed by atoms with Crippen molar-refractivity contribution in [2.45, 2.75) is 18.8 Å². The second-order valence-corrected chi connectivity index (χ2v) is 2.57. The van der Waals surface area contributed by atoms with Crippen molar-refractivity contribution >= 4 is 12.3 Å². The van der Waals surface area contributed by atoms with Gasteiger partial charge >= 0.3 is 5.97 Å². The molecule has 1 fully saturated rings. The van der Waals surface area contributed by atoms with Crippen molar-refractivity contribution in [2.24, 2.45) is 5.92 Å². The third kappa shape index (κ3) is 1.62. The van der Waals surface area contributed by atoms with Crippen LogP contribution in [-0.2, 0) is 19.1 Å². The first-order chi connectivity index (χ1) is 5.69. The van der Waals surface area contributed by atoms with Crippen molar-refractivity contribution in [3.63, 3.8) is 0 Å².